The quantitative estimate of drug-likeness (QED) is 0.851. The van der Waals surface area contributed by atoms with E-state index in [4.69, 9.17) is 9.52 Å². The first kappa shape index (κ1) is 11.2. The first-order valence-electron chi connectivity index (χ1n) is 4.52. The summed E-state index contributed by atoms with van der Waals surface area (Å²) >= 11 is 3.12. The molecule has 0 amide bonds. The van der Waals surface area contributed by atoms with E-state index in [0.29, 0.717) is 11.5 Å². The van der Waals surface area contributed by atoms with Crippen LogP contribution in [0.3, 0.4) is 0 Å². The molecular formula is C10H9NO3S2. The number of carbonyl (C=O) groups is 1. The third kappa shape index (κ3) is 2.65. The number of hydrogen-bond donors (Lipinski definition) is 1. The minimum atomic E-state index is -1.04. The van der Waals surface area contributed by atoms with E-state index in [1.165, 1.54) is 6.07 Å². The Kier molecular flexibility index (Phi) is 3.31. The van der Waals surface area contributed by atoms with Crippen molar-refractivity contribution in [3.8, 4) is 0 Å². The van der Waals surface area contributed by atoms with Gasteiger partial charge in [-0.3, -0.25) is 0 Å². The van der Waals surface area contributed by atoms with Gasteiger partial charge in [0.15, 0.2) is 4.34 Å². The van der Waals surface area contributed by atoms with Crippen LogP contribution in [0.15, 0.2) is 26.3 Å². The molecule has 0 aliphatic heterocycles. The fraction of sp³-hybridized carbons (Fsp3) is 0.200. The van der Waals surface area contributed by atoms with Crippen LogP contribution in [0.4, 0.5) is 0 Å². The van der Waals surface area contributed by atoms with E-state index in [-0.39, 0.29) is 5.76 Å². The van der Waals surface area contributed by atoms with Crippen LogP contribution in [0.25, 0.3) is 0 Å². The van der Waals surface area contributed by atoms with Gasteiger partial charge in [-0.25, -0.2) is 9.78 Å². The van der Waals surface area contributed by atoms with E-state index in [1.807, 2.05) is 12.3 Å². The number of rotatable bonds is 4. The average Bonchev–Trinajstić information content (AvgIpc) is 2.83. The third-order valence-electron chi connectivity index (χ3n) is 1.81. The number of carboxylic acid groups (broad SMARTS) is 1. The summed E-state index contributed by atoms with van der Waals surface area (Å²) in [5.74, 6) is 0.183. The van der Waals surface area contributed by atoms with Crippen LogP contribution >= 0.6 is 23.1 Å². The second kappa shape index (κ2) is 4.71. The summed E-state index contributed by atoms with van der Waals surface area (Å²) in [6.45, 7) is 1.94. The molecule has 0 atom stereocenters. The zero-order chi connectivity index (χ0) is 11.5. The van der Waals surface area contributed by atoms with Gasteiger partial charge in [0, 0.05) is 11.1 Å². The van der Waals surface area contributed by atoms with Crippen LogP contribution in [0.1, 0.15) is 22.0 Å². The van der Waals surface area contributed by atoms with Crippen LogP contribution in [0.2, 0.25) is 0 Å². The number of aromatic nitrogens is 1. The van der Waals surface area contributed by atoms with Crippen molar-refractivity contribution >= 4 is 29.1 Å². The Morgan fingerprint density at radius 2 is 2.44 bits per heavy atom. The first-order valence-corrected chi connectivity index (χ1v) is 6.38. The summed E-state index contributed by atoms with van der Waals surface area (Å²) in [5, 5.41) is 10.7. The lowest BCUT2D eigenvalue weighted by Crippen LogP contribution is -1.91. The maximum absolute atomic E-state index is 10.6. The number of furan rings is 1. The highest BCUT2D eigenvalue weighted by molar-refractivity contribution is 8.00. The number of carboxylic acids is 1. The number of aromatic carboxylic acids is 1. The van der Waals surface area contributed by atoms with Crippen molar-refractivity contribution in [1.29, 1.82) is 0 Å². The molecule has 6 heteroatoms. The molecule has 0 aliphatic carbocycles. The highest BCUT2D eigenvalue weighted by Crippen LogP contribution is 2.26. The maximum atomic E-state index is 10.6. The van der Waals surface area contributed by atoms with Crippen LogP contribution in [-0.2, 0) is 5.75 Å². The fourth-order valence-corrected chi connectivity index (χ4v) is 2.85. The Bertz CT molecular complexity index is 504. The SMILES string of the molecule is Cc1csc(SCc2ccc(C(=O)O)o2)n1. The van der Waals surface area contributed by atoms with Gasteiger partial charge in [0.25, 0.3) is 0 Å². The van der Waals surface area contributed by atoms with Gasteiger partial charge in [-0.2, -0.15) is 0 Å². The molecule has 0 saturated carbocycles. The van der Waals surface area contributed by atoms with Crippen molar-refractivity contribution in [3.63, 3.8) is 0 Å². The van der Waals surface area contributed by atoms with Crippen molar-refractivity contribution in [2.75, 3.05) is 0 Å². The van der Waals surface area contributed by atoms with Crippen molar-refractivity contribution in [2.24, 2.45) is 0 Å². The minimum Gasteiger partial charge on any atom is -0.475 e. The molecule has 2 aromatic rings. The number of hydrogen-bond acceptors (Lipinski definition) is 5. The third-order valence-corrected chi connectivity index (χ3v) is 3.97. The molecular weight excluding hydrogens is 246 g/mol. The van der Waals surface area contributed by atoms with Gasteiger partial charge in [0.05, 0.1) is 5.75 Å². The van der Waals surface area contributed by atoms with E-state index in [2.05, 4.69) is 4.98 Å². The molecule has 16 heavy (non-hydrogen) atoms. The largest absolute Gasteiger partial charge is 0.475 e. The molecule has 2 heterocycles. The Balaban J connectivity index is 1.97. The molecule has 0 aliphatic rings. The second-order valence-electron chi connectivity index (χ2n) is 3.11. The van der Waals surface area contributed by atoms with Crippen LogP contribution in [-0.4, -0.2) is 16.1 Å². The van der Waals surface area contributed by atoms with Crippen molar-refractivity contribution < 1.29 is 14.3 Å². The zero-order valence-electron chi connectivity index (χ0n) is 8.47. The summed E-state index contributed by atoms with van der Waals surface area (Å²) in [6.07, 6.45) is 0. The summed E-state index contributed by atoms with van der Waals surface area (Å²) in [4.78, 5) is 14.9. The predicted molar refractivity (Wildman–Crippen MR) is 62.1 cm³/mol. The van der Waals surface area contributed by atoms with E-state index in [9.17, 15) is 4.79 Å². The minimum absolute atomic E-state index is 0.0223. The lowest BCUT2D eigenvalue weighted by molar-refractivity contribution is 0.0661. The summed E-state index contributed by atoms with van der Waals surface area (Å²) in [5.41, 5.74) is 0.998. The van der Waals surface area contributed by atoms with Crippen LogP contribution < -0.4 is 0 Å². The molecule has 0 bridgehead atoms. The maximum Gasteiger partial charge on any atom is 0.371 e. The van der Waals surface area contributed by atoms with Crippen molar-refractivity contribution in [1.82, 2.24) is 4.98 Å². The smallest absolute Gasteiger partial charge is 0.371 e. The van der Waals surface area contributed by atoms with Gasteiger partial charge in [-0.05, 0) is 19.1 Å². The van der Waals surface area contributed by atoms with Crippen molar-refractivity contribution in [3.05, 3.63) is 34.7 Å². The van der Waals surface area contributed by atoms with E-state index in [0.717, 1.165) is 10.0 Å². The molecule has 0 saturated heterocycles. The van der Waals surface area contributed by atoms with Gasteiger partial charge < -0.3 is 9.52 Å². The monoisotopic (exact) mass is 255 g/mol. The molecule has 1 N–H and O–H groups in total. The Labute approximate surface area is 100 Å². The van der Waals surface area contributed by atoms with Crippen LogP contribution in [0.5, 0.6) is 0 Å². The average molecular weight is 255 g/mol. The molecule has 2 aromatic heterocycles. The summed E-state index contributed by atoms with van der Waals surface area (Å²) in [7, 11) is 0. The lowest BCUT2D eigenvalue weighted by Gasteiger charge is -1.93. The molecule has 0 aromatic carbocycles. The molecule has 0 fully saturated rings. The first-order chi connectivity index (χ1) is 7.65. The summed E-state index contributed by atoms with van der Waals surface area (Å²) in [6, 6.07) is 3.14. The highest BCUT2D eigenvalue weighted by Gasteiger charge is 2.09. The molecule has 0 radical (unpaired) electrons. The van der Waals surface area contributed by atoms with E-state index >= 15 is 0 Å². The lowest BCUT2D eigenvalue weighted by atomic mass is 10.4. The predicted octanol–water partition coefficient (Wildman–Crippen LogP) is 3.04. The second-order valence-corrected chi connectivity index (χ2v) is 5.20. The highest BCUT2D eigenvalue weighted by atomic mass is 32.2. The van der Waals surface area contributed by atoms with Gasteiger partial charge in [0.1, 0.15) is 5.76 Å². The van der Waals surface area contributed by atoms with Gasteiger partial charge >= 0.3 is 5.97 Å². The van der Waals surface area contributed by atoms with Crippen molar-refractivity contribution in [2.45, 2.75) is 17.0 Å². The molecule has 4 nitrogen and oxygen atoms in total. The summed E-state index contributed by atoms with van der Waals surface area (Å²) < 4.78 is 6.09. The topological polar surface area (TPSA) is 63.3 Å². The zero-order valence-corrected chi connectivity index (χ0v) is 10.1. The molecule has 84 valence electrons. The van der Waals surface area contributed by atoms with Gasteiger partial charge in [-0.1, -0.05) is 11.8 Å². The van der Waals surface area contributed by atoms with E-state index < -0.39 is 5.97 Å². The number of thioether (sulfide) groups is 1. The Morgan fingerprint density at radius 1 is 1.62 bits per heavy atom. The fourth-order valence-electron chi connectivity index (χ4n) is 1.10. The normalized spacial score (nSPS) is 10.6. The number of nitrogens with zero attached hydrogens (tertiary/aromatic N) is 1. The standard InChI is InChI=1S/C10H9NO3S2/c1-6-4-15-10(11-6)16-5-7-2-3-8(14-7)9(12)13/h2-4H,5H2,1H3,(H,12,13). The Hall–Kier alpha value is -1.27. The van der Waals surface area contributed by atoms with E-state index in [1.54, 1.807) is 29.2 Å². The molecule has 0 spiro atoms. The van der Waals surface area contributed by atoms with Crippen LogP contribution in [0, 0.1) is 6.92 Å². The molecule has 2 rings (SSSR count). The Morgan fingerprint density at radius 3 is 3.00 bits per heavy atom. The number of aryl methyl sites for hydroxylation is 1. The number of thiazole rings is 1. The van der Waals surface area contributed by atoms with Gasteiger partial charge in [-0.15, -0.1) is 11.3 Å². The van der Waals surface area contributed by atoms with Gasteiger partial charge in [0.2, 0.25) is 5.76 Å². The molecule has 0 unspecified atom stereocenters.